The van der Waals surface area contributed by atoms with Crippen molar-refractivity contribution in [2.75, 3.05) is 13.1 Å². The summed E-state index contributed by atoms with van der Waals surface area (Å²) in [6, 6.07) is 2.24. The molecule has 0 saturated carbocycles. The molecule has 0 unspecified atom stereocenters. The second-order valence-electron chi connectivity index (χ2n) is 3.96. The minimum absolute atomic E-state index is 0.162. The van der Waals surface area contributed by atoms with Gasteiger partial charge in [0.05, 0.1) is 4.88 Å². The molecule has 1 atom stereocenters. The van der Waals surface area contributed by atoms with Crippen LogP contribution in [0.5, 0.6) is 0 Å². The van der Waals surface area contributed by atoms with Crippen LogP contribution < -0.4 is 5.73 Å². The maximum Gasteiger partial charge on any atom is 0.264 e. The number of nitrogens with two attached hydrogens (primary N) is 1. The van der Waals surface area contributed by atoms with E-state index in [9.17, 15) is 4.79 Å². The molecule has 82 valence electrons. The maximum absolute atomic E-state index is 12.2. The van der Waals surface area contributed by atoms with E-state index in [0.717, 1.165) is 29.8 Å². The molecule has 1 aliphatic rings. The summed E-state index contributed by atoms with van der Waals surface area (Å²) in [6.07, 6.45) is 2.13. The van der Waals surface area contributed by atoms with Crippen LogP contribution in [0.15, 0.2) is 11.4 Å². The Balaban J connectivity index is 2.18. The Labute approximate surface area is 93.9 Å². The van der Waals surface area contributed by atoms with Crippen molar-refractivity contribution in [2.24, 2.45) is 5.73 Å². The summed E-state index contributed by atoms with van der Waals surface area (Å²) in [5, 5.41) is 1.97. The monoisotopic (exact) mass is 224 g/mol. The van der Waals surface area contributed by atoms with Gasteiger partial charge in [-0.25, -0.2) is 0 Å². The van der Waals surface area contributed by atoms with Crippen LogP contribution in [-0.4, -0.2) is 29.9 Å². The molecule has 1 amide bonds. The number of nitrogens with zero attached hydrogens (tertiary/aromatic N) is 1. The number of aryl methyl sites for hydroxylation is 1. The number of likely N-dealkylation sites (tertiary alicyclic amines) is 1. The number of carbonyl (C=O) groups excluding carboxylic acids is 1. The normalized spacial score (nSPS) is 20.9. The van der Waals surface area contributed by atoms with E-state index in [1.165, 1.54) is 11.3 Å². The standard InChI is InChI=1S/C11H16N2OS/c1-8-4-6-15-10(8)11(14)13-5-2-3-9(13)7-12/h4,6,9H,2-3,5,7,12H2,1H3/t9-/m1/s1. The molecule has 1 aromatic rings. The minimum Gasteiger partial charge on any atom is -0.334 e. The quantitative estimate of drug-likeness (QED) is 0.829. The molecule has 1 saturated heterocycles. The van der Waals surface area contributed by atoms with E-state index in [-0.39, 0.29) is 11.9 Å². The van der Waals surface area contributed by atoms with Crippen molar-refractivity contribution in [2.45, 2.75) is 25.8 Å². The van der Waals surface area contributed by atoms with Gasteiger partial charge in [-0.3, -0.25) is 4.79 Å². The van der Waals surface area contributed by atoms with Crippen molar-refractivity contribution in [3.63, 3.8) is 0 Å². The van der Waals surface area contributed by atoms with Crippen LogP contribution in [0.1, 0.15) is 28.1 Å². The fourth-order valence-electron chi connectivity index (χ4n) is 2.07. The predicted octanol–water partition coefficient (Wildman–Crippen LogP) is 1.62. The molecular weight excluding hydrogens is 208 g/mol. The Morgan fingerprint density at radius 1 is 1.73 bits per heavy atom. The zero-order valence-corrected chi connectivity index (χ0v) is 9.72. The highest BCUT2D eigenvalue weighted by Crippen LogP contribution is 2.23. The SMILES string of the molecule is Cc1ccsc1C(=O)N1CCC[C@@H]1CN. The molecule has 2 rings (SSSR count). The molecule has 15 heavy (non-hydrogen) atoms. The lowest BCUT2D eigenvalue weighted by Crippen LogP contribution is -2.39. The summed E-state index contributed by atoms with van der Waals surface area (Å²) in [7, 11) is 0. The van der Waals surface area contributed by atoms with Crippen LogP contribution in [0, 0.1) is 6.92 Å². The molecule has 0 spiro atoms. The number of carbonyl (C=O) groups is 1. The van der Waals surface area contributed by atoms with Crippen molar-refractivity contribution >= 4 is 17.2 Å². The number of hydrogen-bond donors (Lipinski definition) is 1. The van der Waals surface area contributed by atoms with Gasteiger partial charge in [-0.15, -0.1) is 11.3 Å². The molecule has 1 fully saturated rings. The molecule has 1 aliphatic heterocycles. The highest BCUT2D eigenvalue weighted by molar-refractivity contribution is 7.12. The van der Waals surface area contributed by atoms with Crippen LogP contribution in [0.2, 0.25) is 0 Å². The highest BCUT2D eigenvalue weighted by atomic mass is 32.1. The Morgan fingerprint density at radius 3 is 3.13 bits per heavy atom. The maximum atomic E-state index is 12.2. The molecule has 2 heterocycles. The average Bonchev–Trinajstić information content (AvgIpc) is 2.84. The van der Waals surface area contributed by atoms with Gasteiger partial charge in [0.25, 0.3) is 5.91 Å². The van der Waals surface area contributed by atoms with Crippen molar-refractivity contribution < 1.29 is 4.79 Å². The number of hydrogen-bond acceptors (Lipinski definition) is 3. The summed E-state index contributed by atoms with van der Waals surface area (Å²) >= 11 is 1.52. The third-order valence-electron chi connectivity index (χ3n) is 2.97. The van der Waals surface area contributed by atoms with Gasteiger partial charge in [-0.05, 0) is 36.8 Å². The second-order valence-corrected chi connectivity index (χ2v) is 4.88. The first-order chi connectivity index (χ1) is 7.24. The lowest BCUT2D eigenvalue weighted by atomic mass is 10.2. The molecule has 0 aliphatic carbocycles. The van der Waals surface area contributed by atoms with E-state index in [1.807, 2.05) is 23.3 Å². The first-order valence-corrected chi connectivity index (χ1v) is 6.17. The van der Waals surface area contributed by atoms with Crippen LogP contribution >= 0.6 is 11.3 Å². The summed E-state index contributed by atoms with van der Waals surface area (Å²) in [4.78, 5) is 15.0. The summed E-state index contributed by atoms with van der Waals surface area (Å²) in [5.74, 6) is 0.162. The lowest BCUT2D eigenvalue weighted by molar-refractivity contribution is 0.0745. The molecular formula is C11H16N2OS. The molecule has 3 nitrogen and oxygen atoms in total. The lowest BCUT2D eigenvalue weighted by Gasteiger charge is -2.23. The van der Waals surface area contributed by atoms with Gasteiger partial charge in [-0.2, -0.15) is 0 Å². The van der Waals surface area contributed by atoms with E-state index in [1.54, 1.807) is 0 Å². The zero-order valence-electron chi connectivity index (χ0n) is 8.90. The average molecular weight is 224 g/mol. The zero-order chi connectivity index (χ0) is 10.8. The third-order valence-corrected chi connectivity index (χ3v) is 3.97. The fraction of sp³-hybridized carbons (Fsp3) is 0.545. The van der Waals surface area contributed by atoms with Gasteiger partial charge in [0.15, 0.2) is 0 Å². The molecule has 1 aromatic heterocycles. The van der Waals surface area contributed by atoms with Crippen LogP contribution in [0.4, 0.5) is 0 Å². The number of thiophene rings is 1. The Bertz CT molecular complexity index is 361. The minimum atomic E-state index is 0.162. The van der Waals surface area contributed by atoms with Gasteiger partial charge in [-0.1, -0.05) is 0 Å². The second kappa shape index (κ2) is 4.33. The first-order valence-electron chi connectivity index (χ1n) is 5.29. The summed E-state index contributed by atoms with van der Waals surface area (Å²) in [5.41, 5.74) is 6.74. The Hall–Kier alpha value is -0.870. The van der Waals surface area contributed by atoms with E-state index in [4.69, 9.17) is 5.73 Å². The molecule has 4 heteroatoms. The summed E-state index contributed by atoms with van der Waals surface area (Å²) < 4.78 is 0. The summed E-state index contributed by atoms with van der Waals surface area (Å²) in [6.45, 7) is 3.42. The molecule has 0 bridgehead atoms. The van der Waals surface area contributed by atoms with Gasteiger partial charge in [0.1, 0.15) is 0 Å². The van der Waals surface area contributed by atoms with Crippen molar-refractivity contribution in [1.82, 2.24) is 4.90 Å². The van der Waals surface area contributed by atoms with Crippen LogP contribution in [0.3, 0.4) is 0 Å². The van der Waals surface area contributed by atoms with E-state index in [0.29, 0.717) is 6.54 Å². The Morgan fingerprint density at radius 2 is 2.53 bits per heavy atom. The molecule has 2 N–H and O–H groups in total. The van der Waals surface area contributed by atoms with Gasteiger partial charge in [0, 0.05) is 19.1 Å². The predicted molar refractivity (Wildman–Crippen MR) is 62.2 cm³/mol. The molecule has 0 radical (unpaired) electrons. The fourth-order valence-corrected chi connectivity index (χ4v) is 2.95. The van der Waals surface area contributed by atoms with Gasteiger partial charge in [0.2, 0.25) is 0 Å². The number of amides is 1. The number of rotatable bonds is 2. The van der Waals surface area contributed by atoms with Crippen LogP contribution in [0.25, 0.3) is 0 Å². The van der Waals surface area contributed by atoms with E-state index in [2.05, 4.69) is 0 Å². The smallest absolute Gasteiger partial charge is 0.264 e. The van der Waals surface area contributed by atoms with E-state index >= 15 is 0 Å². The topological polar surface area (TPSA) is 46.3 Å². The highest BCUT2D eigenvalue weighted by Gasteiger charge is 2.29. The Kier molecular flexibility index (Phi) is 3.07. The van der Waals surface area contributed by atoms with Crippen molar-refractivity contribution in [3.05, 3.63) is 21.9 Å². The molecule has 0 aromatic carbocycles. The van der Waals surface area contributed by atoms with Crippen molar-refractivity contribution in [1.29, 1.82) is 0 Å². The third kappa shape index (κ3) is 1.92. The largest absolute Gasteiger partial charge is 0.334 e. The first kappa shape index (κ1) is 10.6. The van der Waals surface area contributed by atoms with Crippen LogP contribution in [-0.2, 0) is 0 Å². The van der Waals surface area contributed by atoms with Gasteiger partial charge < -0.3 is 10.6 Å². The van der Waals surface area contributed by atoms with Gasteiger partial charge >= 0.3 is 0 Å². The van der Waals surface area contributed by atoms with E-state index < -0.39 is 0 Å². The van der Waals surface area contributed by atoms with Crippen molar-refractivity contribution in [3.8, 4) is 0 Å².